The molecule has 0 aliphatic rings. The summed E-state index contributed by atoms with van der Waals surface area (Å²) in [5, 5.41) is 0. The van der Waals surface area contributed by atoms with Crippen LogP contribution in [0.2, 0.25) is 0 Å². The summed E-state index contributed by atoms with van der Waals surface area (Å²) < 4.78 is 18.5. The second-order valence-electron chi connectivity index (χ2n) is 3.90. The predicted octanol–water partition coefficient (Wildman–Crippen LogP) is 1.14. The first-order valence-corrected chi connectivity index (χ1v) is 5.42. The summed E-state index contributed by atoms with van der Waals surface area (Å²) in [4.78, 5) is 22.7. The van der Waals surface area contributed by atoms with Crippen molar-refractivity contribution >= 4 is 17.6 Å². The first kappa shape index (κ1) is 14.0. The summed E-state index contributed by atoms with van der Waals surface area (Å²) in [6, 6.07) is 2.57. The van der Waals surface area contributed by atoms with Crippen molar-refractivity contribution < 1.29 is 18.7 Å². The number of hydrogen-bond donors (Lipinski definition) is 2. The number of ether oxygens (including phenoxy) is 1. The molecule has 1 rings (SSSR count). The molecule has 0 spiro atoms. The molecule has 0 fully saturated rings. The molecule has 98 valence electrons. The fraction of sp³-hybridized carbons (Fsp3) is 0.333. The molecule has 0 heterocycles. The van der Waals surface area contributed by atoms with Crippen molar-refractivity contribution in [3.63, 3.8) is 0 Å². The predicted molar refractivity (Wildman–Crippen MR) is 64.2 cm³/mol. The number of halogens is 1. The largest absolute Gasteiger partial charge is 0.449 e. The molecule has 6 heteroatoms. The lowest BCUT2D eigenvalue weighted by Crippen LogP contribution is -2.32. The van der Waals surface area contributed by atoms with E-state index in [2.05, 4.69) is 0 Å². The second kappa shape index (κ2) is 5.48. The minimum absolute atomic E-state index is 0.226. The van der Waals surface area contributed by atoms with Crippen LogP contribution in [0.1, 0.15) is 29.3 Å². The van der Waals surface area contributed by atoms with E-state index in [0.717, 1.165) is 0 Å². The lowest BCUT2D eigenvalue weighted by molar-refractivity contribution is -0.126. The van der Waals surface area contributed by atoms with Gasteiger partial charge in [0.15, 0.2) is 6.10 Å². The van der Waals surface area contributed by atoms with Crippen LogP contribution in [0.5, 0.6) is 0 Å². The summed E-state index contributed by atoms with van der Waals surface area (Å²) in [5.41, 5.74) is 10.7. The highest BCUT2D eigenvalue weighted by molar-refractivity contribution is 5.93. The van der Waals surface area contributed by atoms with Crippen LogP contribution in [0.15, 0.2) is 12.1 Å². The van der Waals surface area contributed by atoms with Gasteiger partial charge < -0.3 is 16.2 Å². The molecule has 0 aromatic heterocycles. The van der Waals surface area contributed by atoms with Gasteiger partial charge >= 0.3 is 5.97 Å². The Balaban J connectivity index is 3.01. The molecule has 1 aromatic carbocycles. The van der Waals surface area contributed by atoms with E-state index < -0.39 is 23.8 Å². The van der Waals surface area contributed by atoms with Crippen molar-refractivity contribution in [3.05, 3.63) is 29.1 Å². The topological polar surface area (TPSA) is 95.4 Å². The zero-order chi connectivity index (χ0) is 13.9. The molecule has 18 heavy (non-hydrogen) atoms. The number of anilines is 1. The Labute approximate surface area is 104 Å². The summed E-state index contributed by atoms with van der Waals surface area (Å²) in [5.74, 6) is -2.44. The van der Waals surface area contributed by atoms with Gasteiger partial charge in [-0.25, -0.2) is 9.18 Å². The lowest BCUT2D eigenvalue weighted by atomic mass is 10.1. The van der Waals surface area contributed by atoms with Gasteiger partial charge in [0.05, 0.1) is 5.56 Å². The van der Waals surface area contributed by atoms with Crippen molar-refractivity contribution in [1.82, 2.24) is 0 Å². The van der Waals surface area contributed by atoms with Crippen LogP contribution < -0.4 is 11.5 Å². The maximum absolute atomic E-state index is 13.7. The Kier molecular flexibility index (Phi) is 4.25. The Morgan fingerprint density at radius 2 is 2.06 bits per heavy atom. The number of hydrogen-bond acceptors (Lipinski definition) is 4. The van der Waals surface area contributed by atoms with Crippen molar-refractivity contribution in [3.8, 4) is 0 Å². The van der Waals surface area contributed by atoms with E-state index in [0.29, 0.717) is 0 Å². The third kappa shape index (κ3) is 2.97. The molecule has 1 unspecified atom stereocenters. The smallest absolute Gasteiger partial charge is 0.341 e. The van der Waals surface area contributed by atoms with E-state index in [1.807, 2.05) is 0 Å². The molecular weight excluding hydrogens is 239 g/mol. The van der Waals surface area contributed by atoms with Crippen molar-refractivity contribution in [2.45, 2.75) is 26.4 Å². The quantitative estimate of drug-likeness (QED) is 0.622. The number of nitrogen functional groups attached to an aromatic ring is 1. The van der Waals surface area contributed by atoms with Gasteiger partial charge in [-0.15, -0.1) is 0 Å². The summed E-state index contributed by atoms with van der Waals surface area (Å²) in [7, 11) is 0. The van der Waals surface area contributed by atoms with Gasteiger partial charge in [-0.05, 0) is 31.0 Å². The SMILES string of the molecule is CCC(OC(=O)c1cc(N)cc(C)c1F)C(N)=O. The second-order valence-corrected chi connectivity index (χ2v) is 3.90. The first-order chi connectivity index (χ1) is 8.36. The van der Waals surface area contributed by atoms with E-state index in [9.17, 15) is 14.0 Å². The Morgan fingerprint density at radius 3 is 2.56 bits per heavy atom. The van der Waals surface area contributed by atoms with E-state index in [4.69, 9.17) is 16.2 Å². The average molecular weight is 254 g/mol. The van der Waals surface area contributed by atoms with Gasteiger partial charge in [-0.2, -0.15) is 0 Å². The first-order valence-electron chi connectivity index (χ1n) is 5.42. The molecule has 1 aromatic rings. The van der Waals surface area contributed by atoms with Gasteiger partial charge in [-0.1, -0.05) is 6.92 Å². The van der Waals surface area contributed by atoms with Gasteiger partial charge in [0.25, 0.3) is 5.91 Å². The summed E-state index contributed by atoms with van der Waals surface area (Å²) in [6.45, 7) is 3.11. The molecule has 0 bridgehead atoms. The number of nitrogens with two attached hydrogens (primary N) is 2. The number of esters is 1. The van der Waals surface area contributed by atoms with Gasteiger partial charge in [-0.3, -0.25) is 4.79 Å². The van der Waals surface area contributed by atoms with Crippen molar-refractivity contribution in [1.29, 1.82) is 0 Å². The zero-order valence-corrected chi connectivity index (χ0v) is 10.2. The number of carbonyl (C=O) groups is 2. The molecule has 5 nitrogen and oxygen atoms in total. The minimum Gasteiger partial charge on any atom is -0.449 e. The van der Waals surface area contributed by atoms with Crippen molar-refractivity contribution in [2.24, 2.45) is 5.73 Å². The van der Waals surface area contributed by atoms with Crippen LogP contribution in [0.25, 0.3) is 0 Å². The monoisotopic (exact) mass is 254 g/mol. The van der Waals surface area contributed by atoms with Gasteiger partial charge in [0, 0.05) is 5.69 Å². The molecule has 0 saturated carbocycles. The number of rotatable bonds is 4. The molecule has 0 radical (unpaired) electrons. The molecule has 1 amide bonds. The number of benzene rings is 1. The zero-order valence-electron chi connectivity index (χ0n) is 10.2. The molecule has 1 atom stereocenters. The fourth-order valence-electron chi connectivity index (χ4n) is 1.48. The highest BCUT2D eigenvalue weighted by Gasteiger charge is 2.22. The standard InChI is InChI=1S/C12H15FN2O3/c1-3-9(11(15)16)18-12(17)8-5-7(14)4-6(2)10(8)13/h4-5,9H,3,14H2,1-2H3,(H2,15,16). The highest BCUT2D eigenvalue weighted by atomic mass is 19.1. The molecule has 0 aliphatic heterocycles. The Bertz CT molecular complexity index is 488. The van der Waals surface area contributed by atoms with Crippen LogP contribution in [0.4, 0.5) is 10.1 Å². The lowest BCUT2D eigenvalue weighted by Gasteiger charge is -2.13. The highest BCUT2D eigenvalue weighted by Crippen LogP contribution is 2.18. The number of aryl methyl sites for hydroxylation is 1. The summed E-state index contributed by atoms with van der Waals surface area (Å²) >= 11 is 0. The summed E-state index contributed by atoms with van der Waals surface area (Å²) in [6.07, 6.45) is -0.845. The maximum Gasteiger partial charge on any atom is 0.341 e. The molecule has 0 saturated heterocycles. The Morgan fingerprint density at radius 1 is 1.44 bits per heavy atom. The third-order valence-corrected chi connectivity index (χ3v) is 2.43. The fourth-order valence-corrected chi connectivity index (χ4v) is 1.48. The molecule has 0 aliphatic carbocycles. The molecular formula is C12H15FN2O3. The van der Waals surface area contributed by atoms with E-state index in [-0.39, 0.29) is 23.2 Å². The minimum atomic E-state index is -1.07. The number of amides is 1. The van der Waals surface area contributed by atoms with Gasteiger partial charge in [0.1, 0.15) is 5.82 Å². The average Bonchev–Trinajstić information content (AvgIpc) is 2.29. The van der Waals surface area contributed by atoms with Gasteiger partial charge in [0.2, 0.25) is 0 Å². The number of primary amides is 1. The van der Waals surface area contributed by atoms with E-state index >= 15 is 0 Å². The number of carbonyl (C=O) groups excluding carboxylic acids is 2. The van der Waals surface area contributed by atoms with Crippen LogP contribution in [0.3, 0.4) is 0 Å². The van der Waals surface area contributed by atoms with Crippen LogP contribution >= 0.6 is 0 Å². The van der Waals surface area contributed by atoms with Crippen LogP contribution in [0, 0.1) is 12.7 Å². The Hall–Kier alpha value is -2.11. The van der Waals surface area contributed by atoms with E-state index in [1.54, 1.807) is 6.92 Å². The van der Waals surface area contributed by atoms with Crippen LogP contribution in [-0.4, -0.2) is 18.0 Å². The van der Waals surface area contributed by atoms with Crippen LogP contribution in [-0.2, 0) is 9.53 Å². The normalized spacial score (nSPS) is 11.9. The third-order valence-electron chi connectivity index (χ3n) is 2.43. The van der Waals surface area contributed by atoms with Crippen molar-refractivity contribution in [2.75, 3.05) is 5.73 Å². The maximum atomic E-state index is 13.7. The molecule has 4 N–H and O–H groups in total. The van der Waals surface area contributed by atoms with E-state index in [1.165, 1.54) is 19.1 Å².